The molecule has 0 spiro atoms. The third-order valence-corrected chi connectivity index (χ3v) is 2.97. The van der Waals surface area contributed by atoms with E-state index in [0.717, 1.165) is 0 Å². The zero-order valence-corrected chi connectivity index (χ0v) is 10.8. The van der Waals surface area contributed by atoms with Crippen LogP contribution in [0.1, 0.15) is 10.4 Å². The highest BCUT2D eigenvalue weighted by molar-refractivity contribution is 7.89. The van der Waals surface area contributed by atoms with E-state index in [1.807, 2.05) is 0 Å². The number of pyridine rings is 1. The first-order chi connectivity index (χ1) is 8.33. The molecule has 1 amide bonds. The van der Waals surface area contributed by atoms with Crippen molar-refractivity contribution in [3.8, 4) is 0 Å². The fourth-order valence-electron chi connectivity index (χ4n) is 1.08. The number of halogens is 1. The molecule has 1 aromatic rings. The van der Waals surface area contributed by atoms with Gasteiger partial charge in [0.15, 0.2) is 5.82 Å². The summed E-state index contributed by atoms with van der Waals surface area (Å²) in [5, 5.41) is 7.34. The molecule has 0 saturated carbocycles. The molecule has 0 radical (unpaired) electrons. The minimum atomic E-state index is -3.60. The molecule has 18 heavy (non-hydrogen) atoms. The molecule has 0 atom stereocenters. The van der Waals surface area contributed by atoms with E-state index < -0.39 is 15.9 Å². The average Bonchev–Trinajstić information content (AvgIpc) is 2.27. The van der Waals surface area contributed by atoms with Crippen LogP contribution in [0, 0.1) is 0 Å². The molecule has 0 fully saturated rings. The van der Waals surface area contributed by atoms with Gasteiger partial charge in [-0.3, -0.25) is 4.79 Å². The number of hydrogen-bond donors (Lipinski definition) is 4. The van der Waals surface area contributed by atoms with Gasteiger partial charge >= 0.3 is 0 Å². The van der Waals surface area contributed by atoms with Crippen LogP contribution in [0.15, 0.2) is 12.3 Å². The Balaban J connectivity index is 2.65. The second-order valence-corrected chi connectivity index (χ2v) is 5.46. The lowest BCUT2D eigenvalue weighted by molar-refractivity contribution is 0.0956. The molecule has 8 nitrogen and oxygen atoms in total. The first-order valence-electron chi connectivity index (χ1n) is 4.74. The van der Waals surface area contributed by atoms with E-state index in [-0.39, 0.29) is 28.7 Å². The number of sulfonamides is 1. The summed E-state index contributed by atoms with van der Waals surface area (Å²) in [6, 6.07) is 1.36. The number of nitrogen functional groups attached to an aromatic ring is 1. The maximum absolute atomic E-state index is 11.6. The zero-order valence-electron chi connectivity index (χ0n) is 9.18. The van der Waals surface area contributed by atoms with Crippen LogP contribution in [0.25, 0.3) is 0 Å². The smallest absolute Gasteiger partial charge is 0.252 e. The molecule has 0 unspecified atom stereocenters. The van der Waals surface area contributed by atoms with Crippen molar-refractivity contribution in [2.24, 2.45) is 11.0 Å². The Morgan fingerprint density at radius 3 is 2.67 bits per heavy atom. The Kier molecular flexibility index (Phi) is 4.84. The van der Waals surface area contributed by atoms with Gasteiger partial charge in [-0.1, -0.05) is 11.6 Å². The van der Waals surface area contributed by atoms with Crippen molar-refractivity contribution in [1.82, 2.24) is 10.3 Å². The Morgan fingerprint density at radius 2 is 2.17 bits per heavy atom. The van der Waals surface area contributed by atoms with Crippen molar-refractivity contribution in [3.63, 3.8) is 0 Å². The number of nitrogens with two attached hydrogens (primary N) is 2. The van der Waals surface area contributed by atoms with Gasteiger partial charge in [0.05, 0.1) is 16.3 Å². The third-order valence-electron chi connectivity index (χ3n) is 1.91. The van der Waals surface area contributed by atoms with E-state index >= 15 is 0 Å². The predicted octanol–water partition coefficient (Wildman–Crippen LogP) is -0.961. The molecule has 0 saturated heterocycles. The van der Waals surface area contributed by atoms with Gasteiger partial charge < -0.3 is 10.7 Å². The van der Waals surface area contributed by atoms with Crippen molar-refractivity contribution in [2.75, 3.05) is 17.7 Å². The van der Waals surface area contributed by atoms with Crippen LogP contribution in [0.3, 0.4) is 0 Å². The Morgan fingerprint density at radius 1 is 1.50 bits per heavy atom. The molecule has 6 N–H and O–H groups in total. The SMILES string of the molecule is NNc1ncc(C(=O)NCCS(N)(=O)=O)cc1Cl. The predicted molar refractivity (Wildman–Crippen MR) is 67.4 cm³/mol. The minimum absolute atomic E-state index is 0.0911. The molecular formula is C8H12ClN5O3S. The molecule has 1 aromatic heterocycles. The molecular weight excluding hydrogens is 282 g/mol. The number of anilines is 1. The van der Waals surface area contributed by atoms with Gasteiger partial charge in [-0.2, -0.15) is 0 Å². The Hall–Kier alpha value is -1.42. The monoisotopic (exact) mass is 293 g/mol. The number of primary sulfonamides is 1. The van der Waals surface area contributed by atoms with Crippen molar-refractivity contribution in [1.29, 1.82) is 0 Å². The maximum Gasteiger partial charge on any atom is 0.252 e. The van der Waals surface area contributed by atoms with Gasteiger partial charge in [-0.25, -0.2) is 24.4 Å². The number of carbonyl (C=O) groups is 1. The summed E-state index contributed by atoms with van der Waals surface area (Å²) in [5.74, 6) is 4.51. The number of carbonyl (C=O) groups excluding carboxylic acids is 1. The zero-order chi connectivity index (χ0) is 13.8. The molecule has 100 valence electrons. The summed E-state index contributed by atoms with van der Waals surface area (Å²) < 4.78 is 21.3. The van der Waals surface area contributed by atoms with E-state index in [1.165, 1.54) is 12.3 Å². The molecule has 0 aliphatic rings. The topological polar surface area (TPSA) is 140 Å². The van der Waals surface area contributed by atoms with Gasteiger partial charge in [-0.15, -0.1) is 0 Å². The molecule has 1 heterocycles. The van der Waals surface area contributed by atoms with Gasteiger partial charge in [-0.05, 0) is 6.07 Å². The summed E-state index contributed by atoms with van der Waals surface area (Å²) in [7, 11) is -3.60. The van der Waals surface area contributed by atoms with Crippen molar-refractivity contribution in [3.05, 3.63) is 22.8 Å². The summed E-state index contributed by atoms with van der Waals surface area (Å²) in [6.07, 6.45) is 1.26. The number of rotatable bonds is 5. The lowest BCUT2D eigenvalue weighted by atomic mass is 10.2. The van der Waals surface area contributed by atoms with Gasteiger partial charge in [0, 0.05) is 12.7 Å². The van der Waals surface area contributed by atoms with Crippen molar-refractivity contribution in [2.45, 2.75) is 0 Å². The lowest BCUT2D eigenvalue weighted by Gasteiger charge is -2.06. The molecule has 0 bridgehead atoms. The van der Waals surface area contributed by atoms with E-state index in [4.69, 9.17) is 22.6 Å². The van der Waals surface area contributed by atoms with E-state index in [0.29, 0.717) is 0 Å². The average molecular weight is 294 g/mol. The normalized spacial score (nSPS) is 11.1. The molecule has 0 aliphatic carbocycles. The largest absolute Gasteiger partial charge is 0.351 e. The van der Waals surface area contributed by atoms with Crippen molar-refractivity contribution >= 4 is 33.3 Å². The van der Waals surface area contributed by atoms with Crippen LogP contribution < -0.4 is 21.7 Å². The number of amides is 1. The summed E-state index contributed by atoms with van der Waals surface area (Å²) in [6.45, 7) is -0.0911. The maximum atomic E-state index is 11.6. The van der Waals surface area contributed by atoms with Gasteiger partial charge in [0.25, 0.3) is 5.91 Å². The third kappa shape index (κ3) is 4.45. The number of nitrogens with zero attached hydrogens (tertiary/aromatic N) is 1. The summed E-state index contributed by atoms with van der Waals surface area (Å²) in [5.41, 5.74) is 2.44. The van der Waals surface area contributed by atoms with Crippen LogP contribution >= 0.6 is 11.6 Å². The second kappa shape index (κ2) is 5.96. The number of hydrogen-bond acceptors (Lipinski definition) is 6. The van der Waals surface area contributed by atoms with Gasteiger partial charge in [0.2, 0.25) is 10.0 Å². The first kappa shape index (κ1) is 14.6. The van der Waals surface area contributed by atoms with E-state index in [2.05, 4.69) is 15.7 Å². The fraction of sp³-hybridized carbons (Fsp3) is 0.250. The molecule has 1 rings (SSSR count). The van der Waals surface area contributed by atoms with Gasteiger partial charge in [0.1, 0.15) is 0 Å². The van der Waals surface area contributed by atoms with E-state index in [9.17, 15) is 13.2 Å². The van der Waals surface area contributed by atoms with E-state index in [1.54, 1.807) is 0 Å². The van der Waals surface area contributed by atoms with Crippen LogP contribution in [0.5, 0.6) is 0 Å². The quantitative estimate of drug-likeness (QED) is 0.407. The Bertz CT molecular complexity index is 548. The van der Waals surface area contributed by atoms with Crippen LogP contribution in [0.2, 0.25) is 5.02 Å². The summed E-state index contributed by atoms with van der Waals surface area (Å²) >= 11 is 5.78. The van der Waals surface area contributed by atoms with Crippen LogP contribution in [0.4, 0.5) is 5.82 Å². The van der Waals surface area contributed by atoms with Crippen LogP contribution in [-0.4, -0.2) is 31.6 Å². The highest BCUT2D eigenvalue weighted by Crippen LogP contribution is 2.18. The first-order valence-corrected chi connectivity index (χ1v) is 6.83. The summed E-state index contributed by atoms with van der Waals surface area (Å²) in [4.78, 5) is 15.4. The standard InChI is InChI=1S/C8H12ClN5O3S/c9-6-3-5(4-13-7(6)14-10)8(15)12-1-2-18(11,16)17/h3-4H,1-2,10H2,(H,12,15)(H,13,14)(H2,11,16,17). The Labute approximate surface area is 109 Å². The molecule has 0 aliphatic heterocycles. The number of aromatic nitrogens is 1. The molecule has 0 aromatic carbocycles. The highest BCUT2D eigenvalue weighted by Gasteiger charge is 2.10. The number of hydrazine groups is 1. The minimum Gasteiger partial charge on any atom is -0.351 e. The second-order valence-electron chi connectivity index (χ2n) is 3.32. The van der Waals surface area contributed by atoms with Crippen molar-refractivity contribution < 1.29 is 13.2 Å². The number of nitrogens with one attached hydrogen (secondary N) is 2. The van der Waals surface area contributed by atoms with Crippen LogP contribution in [-0.2, 0) is 10.0 Å². The lowest BCUT2D eigenvalue weighted by Crippen LogP contribution is -2.31. The highest BCUT2D eigenvalue weighted by atomic mass is 35.5. The molecule has 10 heteroatoms. The fourth-order valence-corrected chi connectivity index (χ4v) is 1.68.